The van der Waals surface area contributed by atoms with Crippen LogP contribution in [0.15, 0.2) is 22.7 Å². The maximum absolute atomic E-state index is 13.7. The van der Waals surface area contributed by atoms with Gasteiger partial charge in [0.2, 0.25) is 0 Å². The van der Waals surface area contributed by atoms with E-state index in [2.05, 4.69) is 15.9 Å². The van der Waals surface area contributed by atoms with Crippen LogP contribution in [-0.4, -0.2) is 48.3 Å². The van der Waals surface area contributed by atoms with Crippen molar-refractivity contribution in [2.24, 2.45) is 0 Å². The van der Waals surface area contributed by atoms with Crippen molar-refractivity contribution in [3.63, 3.8) is 0 Å². The van der Waals surface area contributed by atoms with Gasteiger partial charge in [0.05, 0.1) is 24.9 Å². The Kier molecular flexibility index (Phi) is 4.31. The molecule has 1 aromatic rings. The third-order valence-electron chi connectivity index (χ3n) is 2.79. The van der Waals surface area contributed by atoms with E-state index in [1.807, 2.05) is 0 Å². The van der Waals surface area contributed by atoms with Gasteiger partial charge in [0.1, 0.15) is 5.82 Å². The van der Waals surface area contributed by atoms with Gasteiger partial charge in [-0.2, -0.15) is 0 Å². The summed E-state index contributed by atoms with van der Waals surface area (Å²) in [5, 5.41) is 9.01. The number of hydrogen-bond donors (Lipinski definition) is 1. The Morgan fingerprint density at radius 3 is 3.06 bits per heavy atom. The zero-order valence-corrected chi connectivity index (χ0v) is 11.2. The van der Waals surface area contributed by atoms with Crippen LogP contribution in [0.25, 0.3) is 0 Å². The smallest absolute Gasteiger partial charge is 0.256 e. The van der Waals surface area contributed by atoms with Gasteiger partial charge in [-0.25, -0.2) is 4.39 Å². The number of aliphatic hydroxyl groups is 1. The van der Waals surface area contributed by atoms with Gasteiger partial charge >= 0.3 is 0 Å². The summed E-state index contributed by atoms with van der Waals surface area (Å²) in [5.74, 6) is -0.928. The number of nitrogens with zero attached hydrogens (tertiary/aromatic N) is 1. The van der Waals surface area contributed by atoms with Crippen LogP contribution < -0.4 is 0 Å². The predicted molar refractivity (Wildman–Crippen MR) is 66.8 cm³/mol. The van der Waals surface area contributed by atoms with Gasteiger partial charge in [-0.05, 0) is 18.2 Å². The highest BCUT2D eigenvalue weighted by Crippen LogP contribution is 2.18. The lowest BCUT2D eigenvalue weighted by molar-refractivity contribution is -0.0448. The average Bonchev–Trinajstić information content (AvgIpc) is 2.38. The molecule has 1 aliphatic heterocycles. The lowest BCUT2D eigenvalue weighted by Crippen LogP contribution is -2.47. The molecule has 0 radical (unpaired) electrons. The maximum Gasteiger partial charge on any atom is 0.256 e. The molecule has 1 aliphatic rings. The minimum Gasteiger partial charge on any atom is -0.394 e. The SMILES string of the molecule is O=C(c1ccc(Br)cc1F)N1CCOC(CO)C1. The van der Waals surface area contributed by atoms with E-state index >= 15 is 0 Å². The van der Waals surface area contributed by atoms with E-state index < -0.39 is 5.82 Å². The maximum atomic E-state index is 13.7. The van der Waals surface area contributed by atoms with Crippen LogP contribution in [0.3, 0.4) is 0 Å². The molecule has 1 heterocycles. The zero-order chi connectivity index (χ0) is 13.1. The number of morpholine rings is 1. The highest BCUT2D eigenvalue weighted by Gasteiger charge is 2.26. The molecule has 18 heavy (non-hydrogen) atoms. The summed E-state index contributed by atoms with van der Waals surface area (Å²) in [6.45, 7) is 0.900. The van der Waals surface area contributed by atoms with Gasteiger partial charge in [0.25, 0.3) is 5.91 Å². The second kappa shape index (κ2) is 5.77. The molecular weight excluding hydrogens is 305 g/mol. The topological polar surface area (TPSA) is 49.8 Å². The highest BCUT2D eigenvalue weighted by molar-refractivity contribution is 9.10. The number of ether oxygens (including phenoxy) is 1. The molecule has 98 valence electrons. The van der Waals surface area contributed by atoms with E-state index in [4.69, 9.17) is 9.84 Å². The Bertz CT molecular complexity index is 455. The minimum absolute atomic E-state index is 0.0387. The van der Waals surface area contributed by atoms with Gasteiger partial charge in [0, 0.05) is 17.6 Å². The summed E-state index contributed by atoms with van der Waals surface area (Å²) in [7, 11) is 0. The number of carbonyl (C=O) groups excluding carboxylic acids is 1. The lowest BCUT2D eigenvalue weighted by atomic mass is 10.1. The molecule has 1 fully saturated rings. The number of amides is 1. The van der Waals surface area contributed by atoms with Crippen LogP contribution in [-0.2, 0) is 4.74 Å². The van der Waals surface area contributed by atoms with Gasteiger partial charge < -0.3 is 14.7 Å². The van der Waals surface area contributed by atoms with E-state index in [9.17, 15) is 9.18 Å². The average molecular weight is 318 g/mol. The molecule has 1 N–H and O–H groups in total. The number of benzene rings is 1. The predicted octanol–water partition coefficient (Wildman–Crippen LogP) is 1.42. The molecule has 0 spiro atoms. The summed E-state index contributed by atoms with van der Waals surface area (Å²) < 4.78 is 19.5. The second-order valence-corrected chi connectivity index (χ2v) is 4.97. The van der Waals surface area contributed by atoms with Crippen molar-refractivity contribution >= 4 is 21.8 Å². The van der Waals surface area contributed by atoms with Crippen molar-refractivity contribution in [1.29, 1.82) is 0 Å². The van der Waals surface area contributed by atoms with E-state index in [0.29, 0.717) is 17.6 Å². The Morgan fingerprint density at radius 1 is 1.61 bits per heavy atom. The molecule has 4 nitrogen and oxygen atoms in total. The third-order valence-corrected chi connectivity index (χ3v) is 3.28. The molecule has 0 saturated carbocycles. The monoisotopic (exact) mass is 317 g/mol. The van der Waals surface area contributed by atoms with Gasteiger partial charge in [-0.1, -0.05) is 15.9 Å². The van der Waals surface area contributed by atoms with Crippen molar-refractivity contribution in [2.45, 2.75) is 6.10 Å². The molecule has 0 aliphatic carbocycles. The van der Waals surface area contributed by atoms with Crippen LogP contribution in [0.4, 0.5) is 4.39 Å². The van der Waals surface area contributed by atoms with E-state index in [1.165, 1.54) is 17.0 Å². The number of hydrogen-bond acceptors (Lipinski definition) is 3. The first-order valence-electron chi connectivity index (χ1n) is 5.58. The second-order valence-electron chi connectivity index (χ2n) is 4.05. The summed E-state index contributed by atoms with van der Waals surface area (Å²) in [6, 6.07) is 4.34. The van der Waals surface area contributed by atoms with Crippen LogP contribution in [0, 0.1) is 5.82 Å². The largest absolute Gasteiger partial charge is 0.394 e. The summed E-state index contributed by atoms with van der Waals surface area (Å²) >= 11 is 3.14. The Morgan fingerprint density at radius 2 is 2.39 bits per heavy atom. The van der Waals surface area contributed by atoms with Crippen molar-refractivity contribution in [1.82, 2.24) is 4.90 Å². The number of aliphatic hydroxyl groups excluding tert-OH is 1. The quantitative estimate of drug-likeness (QED) is 0.897. The molecule has 0 bridgehead atoms. The Hall–Kier alpha value is -0.980. The normalized spacial score (nSPS) is 19.9. The molecule has 1 aromatic carbocycles. The van der Waals surface area contributed by atoms with Crippen LogP contribution in [0.1, 0.15) is 10.4 Å². The van der Waals surface area contributed by atoms with Crippen LogP contribution in [0.2, 0.25) is 0 Å². The standard InChI is InChI=1S/C12H13BrFNO3/c13-8-1-2-10(11(14)5-8)12(17)15-3-4-18-9(6-15)7-16/h1-2,5,9,16H,3-4,6-7H2. The Balaban J connectivity index is 2.15. The minimum atomic E-state index is -0.554. The van der Waals surface area contributed by atoms with E-state index in [0.717, 1.165) is 0 Å². The first kappa shape index (κ1) is 13.5. The number of carbonyl (C=O) groups is 1. The molecule has 1 unspecified atom stereocenters. The van der Waals surface area contributed by atoms with E-state index in [-0.39, 0.29) is 30.7 Å². The fourth-order valence-corrected chi connectivity index (χ4v) is 2.18. The Labute approximate surface area is 112 Å². The van der Waals surface area contributed by atoms with Gasteiger partial charge in [-0.15, -0.1) is 0 Å². The van der Waals surface area contributed by atoms with Gasteiger partial charge in [-0.3, -0.25) is 4.79 Å². The summed E-state index contributed by atoms with van der Waals surface area (Å²) in [6.07, 6.45) is -0.388. The highest BCUT2D eigenvalue weighted by atomic mass is 79.9. The molecule has 1 atom stereocenters. The van der Waals surface area contributed by atoms with Gasteiger partial charge in [0.15, 0.2) is 0 Å². The van der Waals surface area contributed by atoms with Crippen LogP contribution in [0.5, 0.6) is 0 Å². The lowest BCUT2D eigenvalue weighted by Gasteiger charge is -2.32. The zero-order valence-electron chi connectivity index (χ0n) is 9.60. The number of halogens is 2. The van der Waals surface area contributed by atoms with Crippen molar-refractivity contribution in [3.05, 3.63) is 34.1 Å². The van der Waals surface area contributed by atoms with Crippen molar-refractivity contribution in [3.8, 4) is 0 Å². The van der Waals surface area contributed by atoms with Crippen molar-refractivity contribution < 1.29 is 19.0 Å². The van der Waals surface area contributed by atoms with Crippen molar-refractivity contribution in [2.75, 3.05) is 26.3 Å². The third kappa shape index (κ3) is 2.88. The fourth-order valence-electron chi connectivity index (χ4n) is 1.85. The first-order chi connectivity index (χ1) is 8.61. The molecule has 2 rings (SSSR count). The number of rotatable bonds is 2. The summed E-state index contributed by atoms with van der Waals surface area (Å²) in [5.41, 5.74) is 0.0387. The first-order valence-corrected chi connectivity index (χ1v) is 6.38. The van der Waals surface area contributed by atoms with Crippen LogP contribution >= 0.6 is 15.9 Å². The molecule has 1 amide bonds. The molecule has 6 heteroatoms. The van der Waals surface area contributed by atoms with E-state index in [1.54, 1.807) is 6.07 Å². The summed E-state index contributed by atoms with van der Waals surface area (Å²) in [4.78, 5) is 13.6. The molecule has 1 saturated heterocycles. The fraction of sp³-hybridized carbons (Fsp3) is 0.417. The molecular formula is C12H13BrFNO3. The molecule has 0 aromatic heterocycles.